The number of anilines is 1. The van der Waals surface area contributed by atoms with Gasteiger partial charge >= 0.3 is 6.18 Å². The molecule has 0 aliphatic rings. The minimum absolute atomic E-state index is 0.0445. The number of hydrogen-bond donors (Lipinski definition) is 2. The van der Waals surface area contributed by atoms with Gasteiger partial charge in [0, 0.05) is 24.3 Å². The number of carbonyl (C=O) groups is 1. The quantitative estimate of drug-likeness (QED) is 0.558. The number of sulfonamides is 2. The number of halogens is 3. The van der Waals surface area contributed by atoms with E-state index in [0.29, 0.717) is 13.1 Å². The molecule has 32 heavy (non-hydrogen) atoms. The average Bonchev–Trinajstić information content (AvgIpc) is 2.73. The highest BCUT2D eigenvalue weighted by Gasteiger charge is 2.30. The van der Waals surface area contributed by atoms with Gasteiger partial charge in [0.1, 0.15) is 6.54 Å². The van der Waals surface area contributed by atoms with E-state index in [1.165, 1.54) is 45.4 Å². The van der Waals surface area contributed by atoms with Crippen molar-refractivity contribution in [3.8, 4) is 0 Å². The van der Waals surface area contributed by atoms with Crippen LogP contribution in [0.15, 0.2) is 58.3 Å². The molecule has 0 aliphatic carbocycles. The first-order valence-corrected chi connectivity index (χ1v) is 12.3. The molecule has 176 valence electrons. The smallest absolute Gasteiger partial charge is 0.322 e. The van der Waals surface area contributed by atoms with Gasteiger partial charge in [0.25, 0.3) is 5.91 Å². The first kappa shape index (κ1) is 25.8. The zero-order valence-corrected chi connectivity index (χ0v) is 18.8. The number of amides is 1. The maximum Gasteiger partial charge on any atom is 0.402 e. The molecule has 0 heterocycles. The monoisotopic (exact) mass is 493 g/mol. The second kappa shape index (κ2) is 9.98. The van der Waals surface area contributed by atoms with Gasteiger partial charge in [-0.3, -0.25) is 4.79 Å². The van der Waals surface area contributed by atoms with Crippen molar-refractivity contribution in [3.05, 3.63) is 54.1 Å². The molecule has 2 aromatic rings. The lowest BCUT2D eigenvalue weighted by molar-refractivity contribution is -0.121. The van der Waals surface area contributed by atoms with Crippen LogP contribution in [0.5, 0.6) is 0 Å². The van der Waals surface area contributed by atoms with Crippen molar-refractivity contribution >= 4 is 31.6 Å². The summed E-state index contributed by atoms with van der Waals surface area (Å²) in [5, 5.41) is 2.49. The van der Waals surface area contributed by atoms with Crippen molar-refractivity contribution in [3.63, 3.8) is 0 Å². The maximum atomic E-state index is 12.5. The van der Waals surface area contributed by atoms with Crippen molar-refractivity contribution in [1.82, 2.24) is 9.03 Å². The molecule has 0 atom stereocenters. The van der Waals surface area contributed by atoms with E-state index in [2.05, 4.69) is 5.32 Å². The Bertz CT molecular complexity index is 1160. The Morgan fingerprint density at radius 2 is 1.53 bits per heavy atom. The largest absolute Gasteiger partial charge is 0.402 e. The Balaban J connectivity index is 2.18. The highest BCUT2D eigenvalue weighted by Crippen LogP contribution is 2.20. The number of benzene rings is 2. The van der Waals surface area contributed by atoms with Crippen molar-refractivity contribution in [2.45, 2.75) is 29.8 Å². The summed E-state index contributed by atoms with van der Waals surface area (Å²) in [6.45, 7) is 2.28. The van der Waals surface area contributed by atoms with Crippen LogP contribution in [-0.2, 0) is 20.0 Å². The average molecular weight is 494 g/mol. The summed E-state index contributed by atoms with van der Waals surface area (Å²) >= 11 is 0. The second-order valence-corrected chi connectivity index (χ2v) is 10.2. The summed E-state index contributed by atoms with van der Waals surface area (Å²) in [7, 11) is -8.15. The van der Waals surface area contributed by atoms with Gasteiger partial charge in [-0.25, -0.2) is 21.6 Å². The molecular formula is C19H22F3N3O5S2. The van der Waals surface area contributed by atoms with Crippen LogP contribution in [0.1, 0.15) is 24.2 Å². The molecule has 0 fully saturated rings. The van der Waals surface area contributed by atoms with Gasteiger partial charge in [0.05, 0.1) is 9.79 Å². The molecule has 0 bridgehead atoms. The topological polar surface area (TPSA) is 113 Å². The van der Waals surface area contributed by atoms with Crippen LogP contribution >= 0.6 is 0 Å². The Morgan fingerprint density at radius 1 is 0.938 bits per heavy atom. The molecule has 2 N–H and O–H groups in total. The fraction of sp³-hybridized carbons (Fsp3) is 0.316. The summed E-state index contributed by atoms with van der Waals surface area (Å²) < 4.78 is 88.7. The number of alkyl halides is 3. The van der Waals surface area contributed by atoms with Crippen LogP contribution in [0.4, 0.5) is 18.9 Å². The third-order valence-electron chi connectivity index (χ3n) is 4.32. The van der Waals surface area contributed by atoms with Crippen molar-refractivity contribution in [1.29, 1.82) is 0 Å². The van der Waals surface area contributed by atoms with E-state index in [0.717, 1.165) is 12.1 Å². The number of rotatable bonds is 9. The lowest BCUT2D eigenvalue weighted by atomic mass is 10.2. The first-order chi connectivity index (χ1) is 14.8. The molecular weight excluding hydrogens is 471 g/mol. The lowest BCUT2D eigenvalue weighted by Gasteiger charge is -2.18. The van der Waals surface area contributed by atoms with E-state index in [1.54, 1.807) is 13.8 Å². The molecule has 1 amide bonds. The zero-order valence-electron chi connectivity index (χ0n) is 17.2. The molecule has 0 radical (unpaired) electrons. The second-order valence-electron chi connectivity index (χ2n) is 6.54. The number of carbonyl (C=O) groups excluding carboxylic acids is 1. The molecule has 0 saturated heterocycles. The van der Waals surface area contributed by atoms with Gasteiger partial charge in [0.2, 0.25) is 20.0 Å². The lowest BCUT2D eigenvalue weighted by Crippen LogP contribution is -2.33. The molecule has 2 rings (SSSR count). The molecule has 0 aliphatic heterocycles. The van der Waals surface area contributed by atoms with Gasteiger partial charge in [-0.2, -0.15) is 17.5 Å². The predicted octanol–water partition coefficient (Wildman–Crippen LogP) is 2.81. The number of hydrogen-bond acceptors (Lipinski definition) is 5. The van der Waals surface area contributed by atoms with E-state index in [-0.39, 0.29) is 16.1 Å². The van der Waals surface area contributed by atoms with Gasteiger partial charge in [0.15, 0.2) is 0 Å². The van der Waals surface area contributed by atoms with E-state index in [9.17, 15) is 34.8 Å². The molecule has 2 aromatic carbocycles. The first-order valence-electron chi connectivity index (χ1n) is 9.38. The standard InChI is InChI=1S/C19H22F3N3O5S2/c1-3-25(4-2)32(29,30)16-10-8-15(9-11-16)24-18(26)14-6-5-7-17(12-14)31(27,28)23-13-19(20,21)22/h5-12,23H,3-4,13H2,1-2H3,(H,24,26). The zero-order chi connectivity index (χ0) is 24.2. The summed E-state index contributed by atoms with van der Waals surface area (Å²) in [5.74, 6) is -0.725. The minimum atomic E-state index is -4.73. The SMILES string of the molecule is CCN(CC)S(=O)(=O)c1ccc(NC(=O)c2cccc(S(=O)(=O)NCC(F)(F)F)c2)cc1. The van der Waals surface area contributed by atoms with Crippen LogP contribution in [0.25, 0.3) is 0 Å². The Hall–Kier alpha value is -2.48. The van der Waals surface area contributed by atoms with Crippen LogP contribution in [0.2, 0.25) is 0 Å². The predicted molar refractivity (Wildman–Crippen MR) is 112 cm³/mol. The van der Waals surface area contributed by atoms with Crippen molar-refractivity contribution in [2.24, 2.45) is 0 Å². The van der Waals surface area contributed by atoms with Crippen molar-refractivity contribution in [2.75, 3.05) is 25.0 Å². The highest BCUT2D eigenvalue weighted by atomic mass is 32.2. The molecule has 0 saturated carbocycles. The normalized spacial score (nSPS) is 12.7. The summed E-state index contributed by atoms with van der Waals surface area (Å²) in [4.78, 5) is 12.0. The van der Waals surface area contributed by atoms with E-state index in [1.807, 2.05) is 0 Å². The number of nitrogens with zero attached hydrogens (tertiary/aromatic N) is 1. The fourth-order valence-corrected chi connectivity index (χ4v) is 5.21. The molecule has 8 nitrogen and oxygen atoms in total. The Labute approximate surface area is 184 Å². The molecule has 0 spiro atoms. The molecule has 13 heteroatoms. The summed E-state index contributed by atoms with van der Waals surface area (Å²) in [6.07, 6.45) is -4.73. The van der Waals surface area contributed by atoms with Gasteiger partial charge in [-0.1, -0.05) is 19.9 Å². The van der Waals surface area contributed by atoms with Crippen LogP contribution < -0.4 is 10.0 Å². The van der Waals surface area contributed by atoms with E-state index < -0.39 is 43.6 Å². The van der Waals surface area contributed by atoms with E-state index >= 15 is 0 Å². The number of nitrogens with one attached hydrogen (secondary N) is 2. The molecule has 0 aromatic heterocycles. The summed E-state index contributed by atoms with van der Waals surface area (Å²) in [5.41, 5.74) is 0.136. The third kappa shape index (κ3) is 6.51. The molecule has 0 unspecified atom stereocenters. The van der Waals surface area contributed by atoms with Gasteiger partial charge in [-0.15, -0.1) is 0 Å². The Morgan fingerprint density at radius 3 is 2.06 bits per heavy atom. The highest BCUT2D eigenvalue weighted by molar-refractivity contribution is 7.89. The summed E-state index contributed by atoms with van der Waals surface area (Å²) in [6, 6.07) is 9.90. The third-order valence-corrected chi connectivity index (χ3v) is 7.79. The van der Waals surface area contributed by atoms with Crippen LogP contribution in [0.3, 0.4) is 0 Å². The van der Waals surface area contributed by atoms with Crippen molar-refractivity contribution < 1.29 is 34.8 Å². The maximum absolute atomic E-state index is 12.5. The van der Waals surface area contributed by atoms with Gasteiger partial charge < -0.3 is 5.32 Å². The fourth-order valence-electron chi connectivity index (χ4n) is 2.69. The minimum Gasteiger partial charge on any atom is -0.322 e. The van der Waals surface area contributed by atoms with Crippen LogP contribution in [-0.4, -0.2) is 52.9 Å². The van der Waals surface area contributed by atoms with E-state index in [4.69, 9.17) is 0 Å². The Kier molecular flexibility index (Phi) is 8.04. The van der Waals surface area contributed by atoms with Crippen LogP contribution in [0, 0.1) is 0 Å². The van der Waals surface area contributed by atoms with Gasteiger partial charge in [-0.05, 0) is 42.5 Å².